The van der Waals surface area contributed by atoms with Crippen LogP contribution in [0, 0.1) is 0 Å². The van der Waals surface area contributed by atoms with Crippen LogP contribution in [0.2, 0.25) is 10.0 Å². The third kappa shape index (κ3) is 4.98. The van der Waals surface area contributed by atoms with E-state index in [4.69, 9.17) is 27.9 Å². The Morgan fingerprint density at radius 2 is 1.78 bits per heavy atom. The molecule has 1 amide bonds. The lowest BCUT2D eigenvalue weighted by atomic mass is 10.1. The zero-order valence-corrected chi connectivity index (χ0v) is 13.9. The molecule has 23 heavy (non-hydrogen) atoms. The third-order valence-corrected chi connectivity index (χ3v) is 3.63. The molecule has 6 heteroatoms. The summed E-state index contributed by atoms with van der Waals surface area (Å²) in [4.78, 5) is 23.4. The number of halogens is 2. The van der Waals surface area contributed by atoms with Crippen molar-refractivity contribution in [1.82, 2.24) is 0 Å². The number of ether oxygens (including phenoxy) is 1. The Balaban J connectivity index is 1.91. The number of anilines is 1. The smallest absolute Gasteiger partial charge is 0.262 e. The van der Waals surface area contributed by atoms with Crippen LogP contribution in [0.4, 0.5) is 5.69 Å². The van der Waals surface area contributed by atoms with Gasteiger partial charge in [-0.25, -0.2) is 0 Å². The minimum atomic E-state index is -0.358. The Hall–Kier alpha value is -2.04. The first kappa shape index (κ1) is 17.3. The summed E-state index contributed by atoms with van der Waals surface area (Å²) < 4.78 is 5.38. The van der Waals surface area contributed by atoms with Crippen molar-refractivity contribution >= 4 is 40.6 Å². The van der Waals surface area contributed by atoms with Gasteiger partial charge in [-0.05, 0) is 42.5 Å². The SMILES string of the molecule is CCC(=O)c1ccc(OCC(=O)Nc2cc(Cl)ccc2Cl)cc1. The van der Waals surface area contributed by atoms with Crippen LogP contribution in [0.5, 0.6) is 5.75 Å². The molecule has 0 spiro atoms. The Bertz CT molecular complexity index is 714. The molecule has 0 saturated heterocycles. The zero-order chi connectivity index (χ0) is 16.8. The van der Waals surface area contributed by atoms with Crippen molar-refractivity contribution in [3.05, 3.63) is 58.1 Å². The molecule has 0 aliphatic rings. The normalized spacial score (nSPS) is 10.2. The Morgan fingerprint density at radius 1 is 1.09 bits per heavy atom. The van der Waals surface area contributed by atoms with E-state index in [1.165, 1.54) is 0 Å². The van der Waals surface area contributed by atoms with Crippen molar-refractivity contribution in [3.8, 4) is 5.75 Å². The van der Waals surface area contributed by atoms with Crippen molar-refractivity contribution in [2.45, 2.75) is 13.3 Å². The molecule has 2 aromatic carbocycles. The largest absolute Gasteiger partial charge is 0.484 e. The van der Waals surface area contributed by atoms with E-state index >= 15 is 0 Å². The lowest BCUT2D eigenvalue weighted by Crippen LogP contribution is -2.20. The molecular weight excluding hydrogens is 337 g/mol. The quantitative estimate of drug-likeness (QED) is 0.773. The molecule has 0 radical (unpaired) electrons. The van der Waals surface area contributed by atoms with E-state index in [1.54, 1.807) is 49.4 Å². The third-order valence-electron chi connectivity index (χ3n) is 3.07. The number of ketones is 1. The number of Topliss-reactive ketones (excluding diaryl/α,β-unsaturated/α-hetero) is 1. The first-order chi connectivity index (χ1) is 11.0. The maximum Gasteiger partial charge on any atom is 0.262 e. The molecule has 0 aromatic heterocycles. The van der Waals surface area contributed by atoms with Crippen LogP contribution in [0.3, 0.4) is 0 Å². The van der Waals surface area contributed by atoms with E-state index in [9.17, 15) is 9.59 Å². The highest BCUT2D eigenvalue weighted by Gasteiger charge is 2.08. The van der Waals surface area contributed by atoms with Crippen molar-refractivity contribution in [2.24, 2.45) is 0 Å². The topological polar surface area (TPSA) is 55.4 Å². The van der Waals surface area contributed by atoms with Crippen LogP contribution in [0.25, 0.3) is 0 Å². The number of hydrogen-bond donors (Lipinski definition) is 1. The molecule has 0 saturated carbocycles. The molecule has 0 aliphatic carbocycles. The minimum absolute atomic E-state index is 0.0601. The highest BCUT2D eigenvalue weighted by atomic mass is 35.5. The van der Waals surface area contributed by atoms with Gasteiger partial charge in [0, 0.05) is 17.0 Å². The van der Waals surface area contributed by atoms with E-state index < -0.39 is 0 Å². The monoisotopic (exact) mass is 351 g/mol. The van der Waals surface area contributed by atoms with Gasteiger partial charge in [-0.3, -0.25) is 9.59 Å². The van der Waals surface area contributed by atoms with E-state index in [2.05, 4.69) is 5.32 Å². The van der Waals surface area contributed by atoms with Gasteiger partial charge in [-0.15, -0.1) is 0 Å². The van der Waals surface area contributed by atoms with Gasteiger partial charge >= 0.3 is 0 Å². The maximum atomic E-state index is 11.9. The average molecular weight is 352 g/mol. The number of nitrogens with one attached hydrogen (secondary N) is 1. The molecule has 0 bridgehead atoms. The number of amides is 1. The summed E-state index contributed by atoms with van der Waals surface area (Å²) in [5.41, 5.74) is 1.05. The van der Waals surface area contributed by atoms with Crippen LogP contribution >= 0.6 is 23.2 Å². The number of carbonyl (C=O) groups excluding carboxylic acids is 2. The molecular formula is C17H15Cl2NO3. The summed E-state index contributed by atoms with van der Waals surface area (Å²) in [6, 6.07) is 11.5. The predicted molar refractivity (Wildman–Crippen MR) is 91.7 cm³/mol. The summed E-state index contributed by atoms with van der Waals surface area (Å²) in [5, 5.41) is 3.49. The molecule has 0 unspecified atom stereocenters. The fourth-order valence-electron chi connectivity index (χ4n) is 1.87. The number of hydrogen-bond acceptors (Lipinski definition) is 3. The van der Waals surface area contributed by atoms with E-state index in [-0.39, 0.29) is 18.3 Å². The lowest BCUT2D eigenvalue weighted by Gasteiger charge is -2.09. The highest BCUT2D eigenvalue weighted by molar-refractivity contribution is 6.35. The van der Waals surface area contributed by atoms with Gasteiger partial charge < -0.3 is 10.1 Å². The lowest BCUT2D eigenvalue weighted by molar-refractivity contribution is -0.118. The van der Waals surface area contributed by atoms with E-state index in [1.807, 2.05) is 0 Å². The van der Waals surface area contributed by atoms with Crippen LogP contribution in [0.15, 0.2) is 42.5 Å². The van der Waals surface area contributed by atoms with Crippen molar-refractivity contribution in [2.75, 3.05) is 11.9 Å². The summed E-state index contributed by atoms with van der Waals surface area (Å²) in [5.74, 6) is 0.206. The van der Waals surface area contributed by atoms with Gasteiger partial charge in [0.15, 0.2) is 12.4 Å². The average Bonchev–Trinajstić information content (AvgIpc) is 2.56. The number of carbonyl (C=O) groups is 2. The van der Waals surface area contributed by atoms with Crippen LogP contribution in [-0.2, 0) is 4.79 Å². The number of benzene rings is 2. The summed E-state index contributed by atoms with van der Waals surface area (Å²) in [7, 11) is 0. The molecule has 1 N–H and O–H groups in total. The molecule has 2 rings (SSSR count). The second-order valence-corrected chi connectivity index (χ2v) is 5.61. The van der Waals surface area contributed by atoms with Gasteiger partial charge in [0.2, 0.25) is 0 Å². The van der Waals surface area contributed by atoms with Gasteiger partial charge in [0.1, 0.15) is 5.75 Å². The van der Waals surface area contributed by atoms with Gasteiger partial charge in [-0.2, -0.15) is 0 Å². The van der Waals surface area contributed by atoms with Crippen LogP contribution in [-0.4, -0.2) is 18.3 Å². The van der Waals surface area contributed by atoms with Crippen LogP contribution < -0.4 is 10.1 Å². The second kappa shape index (κ2) is 7.99. The summed E-state index contributed by atoms with van der Waals surface area (Å²) in [6.07, 6.45) is 0.447. The Morgan fingerprint density at radius 3 is 2.43 bits per heavy atom. The number of rotatable bonds is 6. The Labute approximate surface area is 144 Å². The van der Waals surface area contributed by atoms with E-state index in [0.717, 1.165) is 0 Å². The fraction of sp³-hybridized carbons (Fsp3) is 0.176. The first-order valence-corrected chi connectivity index (χ1v) is 7.76. The van der Waals surface area contributed by atoms with Crippen molar-refractivity contribution < 1.29 is 14.3 Å². The predicted octanol–water partition coefficient (Wildman–Crippen LogP) is 4.60. The van der Waals surface area contributed by atoms with Gasteiger partial charge in [-0.1, -0.05) is 30.1 Å². The van der Waals surface area contributed by atoms with Crippen molar-refractivity contribution in [3.63, 3.8) is 0 Å². The Kier molecular flexibility index (Phi) is 6.02. The van der Waals surface area contributed by atoms with Gasteiger partial charge in [0.25, 0.3) is 5.91 Å². The zero-order valence-electron chi connectivity index (χ0n) is 12.4. The van der Waals surface area contributed by atoms with E-state index in [0.29, 0.717) is 33.5 Å². The summed E-state index contributed by atoms with van der Waals surface area (Å²) in [6.45, 7) is 1.63. The molecule has 0 heterocycles. The maximum absolute atomic E-state index is 11.9. The first-order valence-electron chi connectivity index (χ1n) is 7.00. The van der Waals surface area contributed by atoms with Crippen LogP contribution in [0.1, 0.15) is 23.7 Å². The molecule has 2 aromatic rings. The minimum Gasteiger partial charge on any atom is -0.484 e. The molecule has 4 nitrogen and oxygen atoms in total. The molecule has 0 atom stereocenters. The second-order valence-electron chi connectivity index (χ2n) is 4.76. The molecule has 0 fully saturated rings. The fourth-order valence-corrected chi connectivity index (χ4v) is 2.21. The summed E-state index contributed by atoms with van der Waals surface area (Å²) >= 11 is 11.8. The standard InChI is InChI=1S/C17H15Cl2NO3/c1-2-16(21)11-3-6-13(7-4-11)23-10-17(22)20-15-9-12(18)5-8-14(15)19/h3-9H,2,10H2,1H3,(H,20,22). The highest BCUT2D eigenvalue weighted by Crippen LogP contribution is 2.25. The van der Waals surface area contributed by atoms with Gasteiger partial charge in [0.05, 0.1) is 10.7 Å². The molecule has 120 valence electrons. The molecule has 0 aliphatic heterocycles. The van der Waals surface area contributed by atoms with Crippen molar-refractivity contribution in [1.29, 1.82) is 0 Å².